The van der Waals surface area contributed by atoms with E-state index in [-0.39, 0.29) is 34.9 Å². The first-order chi connectivity index (χ1) is 10.4. The van der Waals surface area contributed by atoms with Crippen LogP contribution in [0.4, 0.5) is 4.39 Å². The summed E-state index contributed by atoms with van der Waals surface area (Å²) >= 11 is 25.8. The standard InChI is InChI=1S/C13H6Cl4FNOS2/c1-21-13(7-5(14)3-2-4-6(7)18)19-12(20)10-8(15)9(16)11(17)22-10/h2-4H,1H3/p+1. The minimum absolute atomic E-state index is 0.0641. The predicted octanol–water partition coefficient (Wildman–Crippen LogP) is 4.53. The van der Waals surface area contributed by atoms with Gasteiger partial charge < -0.3 is 0 Å². The maximum absolute atomic E-state index is 14.0. The van der Waals surface area contributed by atoms with Crippen molar-refractivity contribution in [3.8, 4) is 0 Å². The highest BCUT2D eigenvalue weighted by atomic mass is 35.5. The van der Waals surface area contributed by atoms with E-state index in [4.69, 9.17) is 46.4 Å². The molecule has 116 valence electrons. The van der Waals surface area contributed by atoms with Gasteiger partial charge in [-0.3, -0.25) is 0 Å². The summed E-state index contributed by atoms with van der Waals surface area (Å²) in [7, 11) is 0. The maximum atomic E-state index is 14.0. The van der Waals surface area contributed by atoms with Gasteiger partial charge in [0, 0.05) is 0 Å². The first kappa shape index (κ1) is 18.0. The van der Waals surface area contributed by atoms with Gasteiger partial charge in [-0.05, 0) is 18.4 Å². The molecule has 2 nitrogen and oxygen atoms in total. The van der Waals surface area contributed by atoms with E-state index in [1.54, 1.807) is 6.26 Å². The Morgan fingerprint density at radius 2 is 1.91 bits per heavy atom. The first-order valence-electron chi connectivity index (χ1n) is 5.66. The van der Waals surface area contributed by atoms with E-state index in [1.807, 2.05) is 0 Å². The Morgan fingerprint density at radius 1 is 1.23 bits per heavy atom. The summed E-state index contributed by atoms with van der Waals surface area (Å²) in [6, 6.07) is 4.28. The molecule has 0 aliphatic carbocycles. The van der Waals surface area contributed by atoms with Gasteiger partial charge in [0.1, 0.15) is 15.7 Å². The number of rotatable bonds is 2. The number of nitrogens with one attached hydrogen (secondary N) is 1. The second-order valence-corrected chi connectivity index (χ2v) is 7.52. The molecule has 0 saturated carbocycles. The fourth-order valence-corrected chi connectivity index (χ4v) is 4.22. The van der Waals surface area contributed by atoms with Crippen LogP contribution in [0.25, 0.3) is 0 Å². The number of carbonyl (C=O) groups is 1. The zero-order valence-electron chi connectivity index (χ0n) is 10.8. The van der Waals surface area contributed by atoms with E-state index in [0.717, 1.165) is 23.1 Å². The van der Waals surface area contributed by atoms with Crippen molar-refractivity contribution in [2.75, 3.05) is 6.26 Å². The van der Waals surface area contributed by atoms with E-state index in [0.29, 0.717) is 0 Å². The van der Waals surface area contributed by atoms with Crippen LogP contribution in [0.5, 0.6) is 0 Å². The minimum atomic E-state index is -0.537. The molecule has 0 aliphatic heterocycles. The van der Waals surface area contributed by atoms with Crippen LogP contribution >= 0.6 is 69.5 Å². The molecule has 1 aromatic heterocycles. The molecule has 22 heavy (non-hydrogen) atoms. The summed E-state index contributed by atoms with van der Waals surface area (Å²) in [5.74, 6) is -1.07. The highest BCUT2D eigenvalue weighted by Gasteiger charge is 2.26. The summed E-state index contributed by atoms with van der Waals surface area (Å²) in [5, 5.41) is 0.644. The maximum Gasteiger partial charge on any atom is 0.430 e. The van der Waals surface area contributed by atoms with Gasteiger partial charge in [0.05, 0.1) is 15.1 Å². The molecule has 2 aromatic rings. The fraction of sp³-hybridized carbons (Fsp3) is 0.0769. The molecule has 0 saturated heterocycles. The normalized spacial score (nSPS) is 11.8. The number of halogens is 5. The monoisotopic (exact) mass is 416 g/mol. The van der Waals surface area contributed by atoms with Gasteiger partial charge in [-0.25, -0.2) is 9.18 Å². The molecular weight excluding hydrogens is 411 g/mol. The van der Waals surface area contributed by atoms with Crippen molar-refractivity contribution in [3.63, 3.8) is 0 Å². The lowest BCUT2D eigenvalue weighted by atomic mass is 10.2. The van der Waals surface area contributed by atoms with Gasteiger partial charge in [0.15, 0.2) is 4.88 Å². The first-order valence-corrected chi connectivity index (χ1v) is 9.22. The van der Waals surface area contributed by atoms with Crippen molar-refractivity contribution in [2.24, 2.45) is 0 Å². The summed E-state index contributed by atoms with van der Waals surface area (Å²) in [5.41, 5.74) is 0.120. The van der Waals surface area contributed by atoms with Crippen molar-refractivity contribution in [1.82, 2.24) is 0 Å². The van der Waals surface area contributed by atoms with Gasteiger partial charge in [-0.2, -0.15) is 4.99 Å². The highest BCUT2D eigenvalue weighted by molar-refractivity contribution is 8.13. The van der Waals surface area contributed by atoms with E-state index < -0.39 is 11.7 Å². The Labute approximate surface area is 154 Å². The minimum Gasteiger partial charge on any atom is -0.213 e. The third-order valence-corrected chi connectivity index (χ3v) is 6.18. The molecule has 1 aromatic carbocycles. The Morgan fingerprint density at radius 3 is 2.41 bits per heavy atom. The van der Waals surface area contributed by atoms with Gasteiger partial charge in [0.25, 0.3) is 5.04 Å². The third-order valence-electron chi connectivity index (χ3n) is 2.58. The van der Waals surface area contributed by atoms with Crippen molar-refractivity contribution >= 4 is 80.5 Å². The Balaban J connectivity index is 2.49. The van der Waals surface area contributed by atoms with Gasteiger partial charge in [0.2, 0.25) is 0 Å². The molecule has 1 amide bonds. The lowest BCUT2D eigenvalue weighted by Gasteiger charge is -2.02. The van der Waals surface area contributed by atoms with Gasteiger partial charge >= 0.3 is 5.91 Å². The molecule has 0 bridgehead atoms. The molecule has 1 N–H and O–H groups in total. The van der Waals surface area contributed by atoms with Crippen LogP contribution in [0.1, 0.15) is 15.2 Å². The zero-order chi connectivity index (χ0) is 16.4. The predicted molar refractivity (Wildman–Crippen MR) is 93.7 cm³/mol. The molecule has 0 unspecified atom stereocenters. The summed E-state index contributed by atoms with van der Waals surface area (Å²) in [6.45, 7) is 0. The molecular formula is C13H7Cl4FNOS2+. The lowest BCUT2D eigenvalue weighted by molar-refractivity contribution is -0.340. The average Bonchev–Trinajstić information content (AvgIpc) is 2.73. The number of thiophene rings is 1. The van der Waals surface area contributed by atoms with Crippen LogP contribution in [0.2, 0.25) is 19.4 Å². The SMILES string of the molecule is CSC(=[NH+]C(=O)c1sc(Cl)c(Cl)c1Cl)c1c(F)cccc1Cl. The van der Waals surface area contributed by atoms with Crippen molar-refractivity contribution in [1.29, 1.82) is 0 Å². The Hall–Kier alpha value is -0.300. The molecule has 0 spiro atoms. The highest BCUT2D eigenvalue weighted by Crippen LogP contribution is 2.39. The van der Waals surface area contributed by atoms with Crippen LogP contribution in [0.3, 0.4) is 0 Å². The van der Waals surface area contributed by atoms with Crippen molar-refractivity contribution < 1.29 is 14.2 Å². The molecule has 0 atom stereocenters. The van der Waals surface area contributed by atoms with Crippen LogP contribution in [0, 0.1) is 5.82 Å². The van der Waals surface area contributed by atoms with E-state index in [2.05, 4.69) is 4.99 Å². The Bertz CT molecular complexity index is 755. The smallest absolute Gasteiger partial charge is 0.213 e. The number of hydrogen-bond acceptors (Lipinski definition) is 3. The van der Waals surface area contributed by atoms with E-state index in [1.165, 1.54) is 18.2 Å². The van der Waals surface area contributed by atoms with E-state index >= 15 is 0 Å². The topological polar surface area (TPSA) is 31.0 Å². The van der Waals surface area contributed by atoms with E-state index in [9.17, 15) is 9.18 Å². The second kappa shape index (κ2) is 7.51. The number of benzene rings is 1. The quantitative estimate of drug-likeness (QED) is 0.574. The lowest BCUT2D eigenvalue weighted by Crippen LogP contribution is -2.76. The van der Waals surface area contributed by atoms with Crippen LogP contribution in [0.15, 0.2) is 18.2 Å². The fourth-order valence-electron chi connectivity index (χ4n) is 1.60. The summed E-state index contributed by atoms with van der Waals surface area (Å²) in [6.07, 6.45) is 1.69. The Kier molecular flexibility index (Phi) is 6.16. The zero-order valence-corrected chi connectivity index (χ0v) is 15.5. The molecule has 9 heteroatoms. The van der Waals surface area contributed by atoms with Gasteiger partial charge in [-0.15, -0.1) is 11.3 Å². The third kappa shape index (κ3) is 3.61. The second-order valence-electron chi connectivity index (χ2n) is 3.92. The molecule has 2 rings (SSSR count). The van der Waals surface area contributed by atoms with Crippen LogP contribution in [-0.2, 0) is 0 Å². The molecule has 0 radical (unpaired) electrons. The van der Waals surface area contributed by atoms with Crippen molar-refractivity contribution in [3.05, 3.63) is 53.9 Å². The van der Waals surface area contributed by atoms with Gasteiger partial charge in [-0.1, -0.05) is 64.2 Å². The van der Waals surface area contributed by atoms with Crippen molar-refractivity contribution in [2.45, 2.75) is 0 Å². The van der Waals surface area contributed by atoms with Crippen LogP contribution in [-0.4, -0.2) is 17.2 Å². The molecule has 0 fully saturated rings. The largest absolute Gasteiger partial charge is 0.430 e. The summed E-state index contributed by atoms with van der Waals surface area (Å²) < 4.78 is 14.2. The van der Waals surface area contributed by atoms with Crippen LogP contribution < -0.4 is 4.99 Å². The number of thioether (sulfide) groups is 1. The molecule has 0 aliphatic rings. The average molecular weight is 418 g/mol. The summed E-state index contributed by atoms with van der Waals surface area (Å²) in [4.78, 5) is 15.0. The number of hydrogen-bond donors (Lipinski definition) is 1. The number of amides is 1. The number of carbonyl (C=O) groups excluding carboxylic acids is 1. The molecule has 1 heterocycles.